The molecule has 25 atom stereocenters. The van der Waals surface area contributed by atoms with E-state index in [2.05, 4.69) is 0 Å². The molecule has 0 amide bonds. The van der Waals surface area contributed by atoms with Crippen LogP contribution in [0, 0.1) is 0 Å². The molecule has 0 aromatic rings. The van der Waals surface area contributed by atoms with E-state index in [1.807, 2.05) is 0 Å². The first-order valence-corrected chi connectivity index (χ1v) is 17.6. The molecule has 5 heterocycles. The Morgan fingerprint density at radius 3 is 0.950 bits per heavy atom. The van der Waals surface area contributed by atoms with Gasteiger partial charge < -0.3 is 129 Å². The monoisotopic (exact) mass is 884 g/mol. The number of aliphatic hydroxyl groups excluding tert-OH is 13. The first kappa shape index (κ1) is 48.0. The molecule has 5 fully saturated rings. The van der Waals surface area contributed by atoms with Crippen LogP contribution in [0.1, 0.15) is 0 Å². The number of rotatable bonds is 13. The number of hydrogen-bond acceptors (Lipinski definition) is 26. The summed E-state index contributed by atoms with van der Waals surface area (Å²) in [6.07, 6.45) is -57.1. The molecule has 5 aliphatic heterocycles. The summed E-state index contributed by atoms with van der Waals surface area (Å²) < 4.78 is 46.5. The Bertz CT molecular complexity index is 1520. The van der Waals surface area contributed by atoms with E-state index in [4.69, 9.17) is 42.6 Å². The second-order valence-electron chi connectivity index (χ2n) is 14.1. The van der Waals surface area contributed by atoms with Gasteiger partial charge in [0.15, 0.2) is 55.9 Å². The van der Waals surface area contributed by atoms with Crippen molar-refractivity contribution in [3.05, 3.63) is 0 Å². The number of aliphatic hydroxyl groups is 13. The van der Waals surface area contributed by atoms with Crippen molar-refractivity contribution in [2.45, 2.75) is 154 Å². The minimum Gasteiger partial charge on any atom is -0.479 e. The number of ether oxygens (including phenoxy) is 9. The lowest BCUT2D eigenvalue weighted by Crippen LogP contribution is -2.69. The van der Waals surface area contributed by atoms with E-state index in [1.54, 1.807) is 0 Å². The summed E-state index contributed by atoms with van der Waals surface area (Å²) >= 11 is 0. The van der Waals surface area contributed by atoms with E-state index in [0.717, 1.165) is 0 Å². The van der Waals surface area contributed by atoms with Crippen LogP contribution in [0.3, 0.4) is 0 Å². The van der Waals surface area contributed by atoms with Gasteiger partial charge in [-0.05, 0) is 0 Å². The first-order valence-electron chi connectivity index (χ1n) is 17.6. The summed E-state index contributed by atoms with van der Waals surface area (Å²) in [7, 11) is 0. The molecule has 344 valence electrons. The van der Waals surface area contributed by atoms with Gasteiger partial charge >= 0.3 is 23.9 Å². The van der Waals surface area contributed by atoms with Crippen molar-refractivity contribution in [3.8, 4) is 0 Å². The van der Waals surface area contributed by atoms with Crippen LogP contribution in [0.4, 0.5) is 0 Å². The Kier molecular flexibility index (Phi) is 15.3. The van der Waals surface area contributed by atoms with Crippen molar-refractivity contribution in [1.82, 2.24) is 0 Å². The van der Waals surface area contributed by atoms with Crippen LogP contribution in [0.2, 0.25) is 0 Å². The van der Waals surface area contributed by atoms with Crippen molar-refractivity contribution >= 4 is 23.9 Å². The molecule has 1 unspecified atom stereocenters. The molecule has 5 saturated heterocycles. The predicted molar refractivity (Wildman–Crippen MR) is 169 cm³/mol. The summed E-state index contributed by atoms with van der Waals surface area (Å²) in [5, 5.41) is 174. The van der Waals surface area contributed by atoms with Gasteiger partial charge in [0.05, 0.1) is 6.61 Å². The van der Waals surface area contributed by atoms with E-state index < -0.39 is 184 Å². The lowest BCUT2D eigenvalue weighted by Gasteiger charge is -2.48. The van der Waals surface area contributed by atoms with Gasteiger partial charge in [0.1, 0.15) is 97.7 Å². The van der Waals surface area contributed by atoms with Crippen molar-refractivity contribution in [3.63, 3.8) is 0 Å². The predicted octanol–water partition coefficient (Wildman–Crippen LogP) is -11.6. The smallest absolute Gasteiger partial charge is 0.335 e. The largest absolute Gasteiger partial charge is 0.479 e. The van der Waals surface area contributed by atoms with Crippen LogP contribution in [0.25, 0.3) is 0 Å². The molecule has 0 aromatic heterocycles. The van der Waals surface area contributed by atoms with Crippen LogP contribution in [0.5, 0.6) is 0 Å². The highest BCUT2D eigenvalue weighted by Gasteiger charge is 2.59. The fraction of sp³-hybridized carbons (Fsp3) is 0.867. The van der Waals surface area contributed by atoms with Gasteiger partial charge in [-0.3, -0.25) is 0 Å². The number of hydrogen-bond donors (Lipinski definition) is 17. The number of aliphatic carboxylic acids is 4. The molecule has 0 radical (unpaired) electrons. The van der Waals surface area contributed by atoms with E-state index in [-0.39, 0.29) is 0 Å². The van der Waals surface area contributed by atoms with Gasteiger partial charge in [0, 0.05) is 0 Å². The topological polar surface area (TPSA) is 495 Å². The van der Waals surface area contributed by atoms with Gasteiger partial charge in [-0.15, -0.1) is 0 Å². The van der Waals surface area contributed by atoms with Gasteiger partial charge in [-0.1, -0.05) is 0 Å². The van der Waals surface area contributed by atoms with E-state index >= 15 is 0 Å². The second-order valence-corrected chi connectivity index (χ2v) is 14.1. The van der Waals surface area contributed by atoms with Crippen molar-refractivity contribution in [1.29, 1.82) is 0 Å². The first-order chi connectivity index (χ1) is 28.0. The van der Waals surface area contributed by atoms with E-state index in [1.165, 1.54) is 0 Å². The van der Waals surface area contributed by atoms with Crippen LogP contribution >= 0.6 is 0 Å². The fourth-order valence-corrected chi connectivity index (χ4v) is 6.92. The molecule has 0 bridgehead atoms. The average Bonchev–Trinajstić information content (AvgIpc) is 3.18. The lowest BCUT2D eigenvalue weighted by atomic mass is 9.95. The van der Waals surface area contributed by atoms with Gasteiger partial charge in [-0.2, -0.15) is 0 Å². The Balaban J connectivity index is 1.29. The van der Waals surface area contributed by atoms with Crippen LogP contribution in [-0.2, 0) is 61.8 Å². The highest BCUT2D eigenvalue weighted by atomic mass is 16.8. The standard InChI is InChI=1S/C30H44O30/c31-1-2-14(5(34)9(38)26(51)52-2)53-28-11(40)6(35)16(19(58-28)23(45)46)55-30-13(42)8(37)17(21(60-30)25(49)50)56-29-12(41)7(36)15(20(59-29)24(47)48)54-27-10(39)3(32)4(33)18(57-27)22(43)44/h2-21,26-42,51H,1H2,(H,43,44)(H,45,46)(H,47,48)(H,49,50)/t2-,3+,4-,5-,6-,7-,8-,9-,10-,11-,12-,13-,14+,15-,16-,17-,18+,19+,20+,21+,26?,27+,28+,29+,30+/m1/s1. The van der Waals surface area contributed by atoms with E-state index in [9.17, 15) is 106 Å². The second kappa shape index (κ2) is 19.2. The summed E-state index contributed by atoms with van der Waals surface area (Å²) in [4.78, 5) is 48.2. The summed E-state index contributed by atoms with van der Waals surface area (Å²) in [6.45, 7) is -0.962. The quantitative estimate of drug-likeness (QED) is 0.0816. The lowest BCUT2D eigenvalue weighted by molar-refractivity contribution is -0.384. The van der Waals surface area contributed by atoms with Gasteiger partial charge in [0.2, 0.25) is 0 Å². The maximum absolute atomic E-state index is 12.3. The highest BCUT2D eigenvalue weighted by Crippen LogP contribution is 2.36. The molecule has 17 N–H and O–H groups in total. The molecule has 30 nitrogen and oxygen atoms in total. The van der Waals surface area contributed by atoms with Crippen LogP contribution in [0.15, 0.2) is 0 Å². The molecule has 60 heavy (non-hydrogen) atoms. The molecule has 0 saturated carbocycles. The normalized spacial score (nSPS) is 50.1. The minimum absolute atomic E-state index is 0.962. The van der Waals surface area contributed by atoms with Gasteiger partial charge in [0.25, 0.3) is 0 Å². The molecule has 5 rings (SSSR count). The van der Waals surface area contributed by atoms with E-state index in [0.29, 0.717) is 0 Å². The molecule has 30 heteroatoms. The summed E-state index contributed by atoms with van der Waals surface area (Å²) in [6, 6.07) is 0. The van der Waals surface area contributed by atoms with Crippen molar-refractivity contribution < 1.29 is 149 Å². The fourth-order valence-electron chi connectivity index (χ4n) is 6.92. The molecule has 0 spiro atoms. The molecular formula is C30H44O30. The van der Waals surface area contributed by atoms with Crippen LogP contribution < -0.4 is 0 Å². The third kappa shape index (κ3) is 9.35. The van der Waals surface area contributed by atoms with Crippen molar-refractivity contribution in [2.75, 3.05) is 6.61 Å². The summed E-state index contributed by atoms with van der Waals surface area (Å²) in [5.41, 5.74) is 0. The van der Waals surface area contributed by atoms with Crippen molar-refractivity contribution in [2.24, 2.45) is 0 Å². The minimum atomic E-state index is -2.53. The highest BCUT2D eigenvalue weighted by molar-refractivity contribution is 5.75. The zero-order valence-electron chi connectivity index (χ0n) is 30.1. The summed E-state index contributed by atoms with van der Waals surface area (Å²) in [5.74, 6) is -7.87. The zero-order chi connectivity index (χ0) is 44.8. The molecule has 0 aliphatic carbocycles. The van der Waals surface area contributed by atoms with Crippen LogP contribution in [-0.4, -0.2) is 271 Å². The SMILES string of the molecule is O=C(O)[C@H]1O[C@H](O[C@@H]2[C@H](O)[C@@H](O)[C@@H](O[C@@H]3[C@H](O)[C@@H](O)[C@@H](O[C@@H]4[C@H](O)[C@@H](O)[C@@H](O[C@@H]5[C@H](O)[C@@H](O)C(O)O[C@@H]5CO)O[C@@H]4C(=O)O)O[C@@H]3C(=O)O)O[C@@H]2C(=O)O)[C@H](O)[C@@H](O)[C@H]1O. The molecular weight excluding hydrogens is 840 g/mol. The zero-order valence-corrected chi connectivity index (χ0v) is 30.1. The third-order valence-electron chi connectivity index (χ3n) is 10.2. The Morgan fingerprint density at radius 1 is 0.350 bits per heavy atom. The maximum Gasteiger partial charge on any atom is 0.335 e. The number of carboxylic acids is 4. The molecule has 5 aliphatic rings. The average molecular weight is 885 g/mol. The Hall–Kier alpha value is -3.00. The third-order valence-corrected chi connectivity index (χ3v) is 10.2. The maximum atomic E-state index is 12.3. The molecule has 0 aromatic carbocycles. The Morgan fingerprint density at radius 2 is 0.633 bits per heavy atom. The number of carbonyl (C=O) groups is 4. The Labute approximate surface area is 332 Å². The number of carboxylic acid groups (broad SMARTS) is 4. The van der Waals surface area contributed by atoms with Gasteiger partial charge in [-0.25, -0.2) is 19.2 Å².